The minimum Gasteiger partial charge on any atom is -0.490 e. The van der Waals surface area contributed by atoms with Gasteiger partial charge in [0.25, 0.3) is 0 Å². The molecule has 1 atom stereocenters. The number of esters is 1. The minimum atomic E-state index is -0.726. The Balaban J connectivity index is 2.61. The van der Waals surface area contributed by atoms with Gasteiger partial charge < -0.3 is 19.9 Å². The summed E-state index contributed by atoms with van der Waals surface area (Å²) < 4.78 is 16.3. The van der Waals surface area contributed by atoms with Crippen molar-refractivity contribution in [3.63, 3.8) is 0 Å². The zero-order chi connectivity index (χ0) is 15.7. The Bertz CT molecular complexity index is 450. The van der Waals surface area contributed by atoms with Crippen LogP contribution in [0.4, 0.5) is 0 Å². The number of hydrogen-bond acceptors (Lipinski definition) is 5. The van der Waals surface area contributed by atoms with E-state index in [0.29, 0.717) is 37.7 Å². The van der Waals surface area contributed by atoms with Crippen LogP contribution >= 0.6 is 0 Å². The van der Waals surface area contributed by atoms with Crippen molar-refractivity contribution >= 4 is 5.97 Å². The SMILES string of the molecule is CCOC(=O)C(C)(CN)CCOc1ccccc1OCC. The Morgan fingerprint density at radius 2 is 1.76 bits per heavy atom. The molecule has 0 aliphatic carbocycles. The lowest BCUT2D eigenvalue weighted by atomic mass is 9.87. The molecule has 2 N–H and O–H groups in total. The zero-order valence-corrected chi connectivity index (χ0v) is 13.1. The van der Waals surface area contributed by atoms with E-state index in [9.17, 15) is 4.79 Å². The second-order valence-electron chi connectivity index (χ2n) is 4.96. The predicted octanol–water partition coefficient (Wildman–Crippen LogP) is 2.38. The summed E-state index contributed by atoms with van der Waals surface area (Å²) >= 11 is 0. The number of carbonyl (C=O) groups is 1. The van der Waals surface area contributed by atoms with Gasteiger partial charge in [-0.3, -0.25) is 4.79 Å². The fraction of sp³-hybridized carbons (Fsp3) is 0.562. The van der Waals surface area contributed by atoms with Crippen molar-refractivity contribution < 1.29 is 19.0 Å². The molecule has 5 heteroatoms. The van der Waals surface area contributed by atoms with Crippen LogP contribution in [-0.2, 0) is 9.53 Å². The first-order valence-corrected chi connectivity index (χ1v) is 7.29. The second kappa shape index (κ2) is 8.52. The molecular weight excluding hydrogens is 270 g/mol. The Hall–Kier alpha value is -1.75. The minimum absolute atomic E-state index is 0.225. The molecule has 1 unspecified atom stereocenters. The van der Waals surface area contributed by atoms with Crippen LogP contribution in [-0.4, -0.2) is 32.3 Å². The average molecular weight is 295 g/mol. The highest BCUT2D eigenvalue weighted by atomic mass is 16.5. The largest absolute Gasteiger partial charge is 0.490 e. The van der Waals surface area contributed by atoms with Crippen molar-refractivity contribution in [1.82, 2.24) is 0 Å². The van der Waals surface area contributed by atoms with E-state index in [0.717, 1.165) is 0 Å². The summed E-state index contributed by atoms with van der Waals surface area (Å²) in [6.07, 6.45) is 0.489. The number of nitrogens with two attached hydrogens (primary N) is 1. The number of rotatable bonds is 9. The third-order valence-corrected chi connectivity index (χ3v) is 3.28. The molecule has 0 heterocycles. The molecule has 1 aromatic carbocycles. The summed E-state index contributed by atoms with van der Waals surface area (Å²) in [6.45, 7) is 7.01. The lowest BCUT2D eigenvalue weighted by molar-refractivity contribution is -0.154. The van der Waals surface area contributed by atoms with Crippen LogP contribution < -0.4 is 15.2 Å². The molecule has 0 spiro atoms. The van der Waals surface area contributed by atoms with E-state index < -0.39 is 5.41 Å². The Kier molecular flexibility index (Phi) is 7.02. The molecule has 1 rings (SSSR count). The summed E-state index contributed by atoms with van der Waals surface area (Å²) in [4.78, 5) is 11.9. The average Bonchev–Trinajstić information content (AvgIpc) is 2.49. The first-order chi connectivity index (χ1) is 10.1. The molecule has 0 amide bonds. The van der Waals surface area contributed by atoms with Crippen LogP contribution in [0, 0.1) is 5.41 Å². The molecule has 0 radical (unpaired) electrons. The van der Waals surface area contributed by atoms with Crippen LogP contribution in [0.2, 0.25) is 0 Å². The molecule has 0 bridgehead atoms. The fourth-order valence-electron chi connectivity index (χ4n) is 1.82. The number of para-hydroxylation sites is 2. The van der Waals surface area contributed by atoms with Gasteiger partial charge in [-0.1, -0.05) is 12.1 Å². The third kappa shape index (κ3) is 4.93. The van der Waals surface area contributed by atoms with E-state index in [1.54, 1.807) is 13.8 Å². The Labute approximate surface area is 126 Å². The predicted molar refractivity (Wildman–Crippen MR) is 81.5 cm³/mol. The van der Waals surface area contributed by atoms with E-state index >= 15 is 0 Å². The lowest BCUT2D eigenvalue weighted by Gasteiger charge is -2.25. The topological polar surface area (TPSA) is 70.8 Å². The van der Waals surface area contributed by atoms with Crippen LogP contribution in [0.1, 0.15) is 27.2 Å². The highest BCUT2D eigenvalue weighted by Crippen LogP contribution is 2.28. The second-order valence-corrected chi connectivity index (χ2v) is 4.96. The molecular formula is C16H25NO4. The maximum atomic E-state index is 11.9. The van der Waals surface area contributed by atoms with Crippen LogP contribution in [0.15, 0.2) is 24.3 Å². The lowest BCUT2D eigenvalue weighted by Crippen LogP contribution is -2.38. The fourth-order valence-corrected chi connectivity index (χ4v) is 1.82. The quantitative estimate of drug-likeness (QED) is 0.708. The van der Waals surface area contributed by atoms with E-state index in [1.807, 2.05) is 31.2 Å². The maximum absolute atomic E-state index is 11.9. The van der Waals surface area contributed by atoms with Crippen LogP contribution in [0.3, 0.4) is 0 Å². The third-order valence-electron chi connectivity index (χ3n) is 3.28. The van der Waals surface area contributed by atoms with Crippen molar-refractivity contribution in [2.75, 3.05) is 26.4 Å². The normalized spacial score (nSPS) is 13.3. The van der Waals surface area contributed by atoms with Gasteiger partial charge >= 0.3 is 5.97 Å². The van der Waals surface area contributed by atoms with Gasteiger partial charge in [-0.2, -0.15) is 0 Å². The first-order valence-electron chi connectivity index (χ1n) is 7.29. The molecule has 21 heavy (non-hydrogen) atoms. The summed E-state index contributed by atoms with van der Waals surface area (Å²) in [7, 11) is 0. The monoisotopic (exact) mass is 295 g/mol. The summed E-state index contributed by atoms with van der Waals surface area (Å²) in [5, 5.41) is 0. The first kappa shape index (κ1) is 17.3. The Morgan fingerprint density at radius 3 is 2.29 bits per heavy atom. The highest BCUT2D eigenvalue weighted by Gasteiger charge is 2.33. The summed E-state index contributed by atoms with van der Waals surface area (Å²) in [5.74, 6) is 1.09. The highest BCUT2D eigenvalue weighted by molar-refractivity contribution is 5.76. The van der Waals surface area contributed by atoms with Gasteiger partial charge in [0.05, 0.1) is 25.2 Å². The molecule has 0 saturated heterocycles. The summed E-state index contributed by atoms with van der Waals surface area (Å²) in [6, 6.07) is 7.47. The van der Waals surface area contributed by atoms with Crippen LogP contribution in [0.25, 0.3) is 0 Å². The molecule has 0 fully saturated rings. The van der Waals surface area contributed by atoms with E-state index in [-0.39, 0.29) is 12.5 Å². The van der Waals surface area contributed by atoms with Crippen molar-refractivity contribution in [2.24, 2.45) is 11.1 Å². The molecule has 0 saturated carbocycles. The number of benzene rings is 1. The molecule has 0 aliphatic heterocycles. The van der Waals surface area contributed by atoms with Crippen molar-refractivity contribution in [3.05, 3.63) is 24.3 Å². The molecule has 0 aliphatic rings. The van der Waals surface area contributed by atoms with Gasteiger partial charge in [0.15, 0.2) is 11.5 Å². The molecule has 118 valence electrons. The standard InChI is InChI=1S/C16H25NO4/c1-4-19-13-8-6-7-9-14(13)21-11-10-16(3,12-17)15(18)20-5-2/h6-9H,4-5,10-12,17H2,1-3H3. The van der Waals surface area contributed by atoms with Crippen molar-refractivity contribution in [3.8, 4) is 11.5 Å². The van der Waals surface area contributed by atoms with Gasteiger partial charge in [0, 0.05) is 6.54 Å². The van der Waals surface area contributed by atoms with Crippen LogP contribution in [0.5, 0.6) is 11.5 Å². The van der Waals surface area contributed by atoms with E-state index in [2.05, 4.69) is 0 Å². The van der Waals surface area contributed by atoms with Gasteiger partial charge in [-0.15, -0.1) is 0 Å². The van der Waals surface area contributed by atoms with Gasteiger partial charge in [-0.25, -0.2) is 0 Å². The number of hydrogen-bond donors (Lipinski definition) is 1. The van der Waals surface area contributed by atoms with E-state index in [4.69, 9.17) is 19.9 Å². The van der Waals surface area contributed by atoms with Gasteiger partial charge in [0.1, 0.15) is 0 Å². The zero-order valence-electron chi connectivity index (χ0n) is 13.1. The molecule has 0 aromatic heterocycles. The molecule has 5 nitrogen and oxygen atoms in total. The van der Waals surface area contributed by atoms with E-state index in [1.165, 1.54) is 0 Å². The summed E-state index contributed by atoms with van der Waals surface area (Å²) in [5.41, 5.74) is 4.99. The van der Waals surface area contributed by atoms with Gasteiger partial charge in [-0.05, 0) is 39.3 Å². The Morgan fingerprint density at radius 1 is 1.14 bits per heavy atom. The van der Waals surface area contributed by atoms with Crippen molar-refractivity contribution in [2.45, 2.75) is 27.2 Å². The molecule has 1 aromatic rings. The smallest absolute Gasteiger partial charge is 0.313 e. The maximum Gasteiger partial charge on any atom is 0.313 e. The van der Waals surface area contributed by atoms with Gasteiger partial charge in [0.2, 0.25) is 0 Å². The number of ether oxygens (including phenoxy) is 3. The van der Waals surface area contributed by atoms with Crippen molar-refractivity contribution in [1.29, 1.82) is 0 Å². The number of carbonyl (C=O) groups excluding carboxylic acids is 1.